The number of nitrogens with one attached hydrogen (secondary N) is 1. The summed E-state index contributed by atoms with van der Waals surface area (Å²) in [5.41, 5.74) is 2.00. The number of carbonyl (C=O) groups is 1. The predicted octanol–water partition coefficient (Wildman–Crippen LogP) is 4.74. The van der Waals surface area contributed by atoms with Crippen LogP contribution in [-0.2, 0) is 5.41 Å². The Morgan fingerprint density at radius 3 is 2.59 bits per heavy atom. The summed E-state index contributed by atoms with van der Waals surface area (Å²) in [6, 6.07) is 9.65. The third-order valence-corrected chi connectivity index (χ3v) is 8.78. The molecule has 6 rings (SSSR count). The lowest BCUT2D eigenvalue weighted by Crippen LogP contribution is -2.48. The van der Waals surface area contributed by atoms with Gasteiger partial charge in [-0.15, -0.1) is 0 Å². The minimum atomic E-state index is -0.946. The minimum Gasteiger partial charge on any atom is -0.492 e. The van der Waals surface area contributed by atoms with Gasteiger partial charge in [-0.3, -0.25) is 4.79 Å². The second-order valence-electron chi connectivity index (χ2n) is 10.7. The van der Waals surface area contributed by atoms with Crippen molar-refractivity contribution in [1.29, 1.82) is 0 Å². The van der Waals surface area contributed by atoms with Crippen LogP contribution in [0.1, 0.15) is 41.7 Å². The van der Waals surface area contributed by atoms with Gasteiger partial charge in [0.2, 0.25) is 0 Å². The van der Waals surface area contributed by atoms with Gasteiger partial charge < -0.3 is 24.6 Å². The van der Waals surface area contributed by atoms with Crippen molar-refractivity contribution in [3.63, 3.8) is 0 Å². The second-order valence-corrected chi connectivity index (χ2v) is 11.2. The summed E-state index contributed by atoms with van der Waals surface area (Å²) in [7, 11) is 0. The fourth-order valence-corrected chi connectivity index (χ4v) is 6.40. The van der Waals surface area contributed by atoms with Crippen LogP contribution in [0.25, 0.3) is 10.9 Å². The summed E-state index contributed by atoms with van der Waals surface area (Å²) in [6.07, 6.45) is 2.96. The van der Waals surface area contributed by atoms with Gasteiger partial charge in [0.15, 0.2) is 11.6 Å². The van der Waals surface area contributed by atoms with E-state index < -0.39 is 17.7 Å². The highest BCUT2D eigenvalue weighted by Crippen LogP contribution is 2.46. The van der Waals surface area contributed by atoms with E-state index in [4.69, 9.17) is 16.3 Å². The van der Waals surface area contributed by atoms with E-state index in [1.807, 2.05) is 12.1 Å². The quantitative estimate of drug-likeness (QED) is 0.512. The number of aromatic amines is 1. The first kappa shape index (κ1) is 24.6. The summed E-state index contributed by atoms with van der Waals surface area (Å²) in [5.74, 6) is -1.04. The van der Waals surface area contributed by atoms with Crippen molar-refractivity contribution >= 4 is 28.4 Å². The molecule has 6 nitrogen and oxygen atoms in total. The Bertz CT molecular complexity index is 1290. The van der Waals surface area contributed by atoms with Crippen LogP contribution in [0.4, 0.5) is 8.78 Å². The van der Waals surface area contributed by atoms with Crippen LogP contribution in [0, 0.1) is 17.6 Å². The van der Waals surface area contributed by atoms with E-state index in [-0.39, 0.29) is 17.2 Å². The van der Waals surface area contributed by atoms with Crippen LogP contribution in [0.5, 0.6) is 5.75 Å². The van der Waals surface area contributed by atoms with E-state index in [0.717, 1.165) is 56.7 Å². The molecule has 1 amide bonds. The summed E-state index contributed by atoms with van der Waals surface area (Å²) < 4.78 is 33.0. The number of fused-ring (bicyclic) bond motifs is 3. The Morgan fingerprint density at radius 2 is 1.84 bits per heavy atom. The molecule has 1 spiro atoms. The van der Waals surface area contributed by atoms with Crippen LogP contribution in [0.3, 0.4) is 0 Å². The number of carbonyl (C=O) groups excluding carboxylic acids is 1. The lowest BCUT2D eigenvalue weighted by Gasteiger charge is -2.41. The lowest BCUT2D eigenvalue weighted by atomic mass is 9.74. The van der Waals surface area contributed by atoms with Crippen molar-refractivity contribution < 1.29 is 23.4 Å². The van der Waals surface area contributed by atoms with Crippen LogP contribution in [0.2, 0.25) is 5.02 Å². The molecule has 3 aliphatic rings. The van der Waals surface area contributed by atoms with Crippen LogP contribution in [-0.4, -0.2) is 71.2 Å². The summed E-state index contributed by atoms with van der Waals surface area (Å²) >= 11 is 6.13. The van der Waals surface area contributed by atoms with E-state index >= 15 is 0 Å². The average Bonchev–Trinajstić information content (AvgIpc) is 3.46. The molecule has 2 aromatic carbocycles. The van der Waals surface area contributed by atoms with Gasteiger partial charge in [0, 0.05) is 52.6 Å². The molecular formula is C28H30ClF2N3O3. The molecule has 0 saturated carbocycles. The number of rotatable bonds is 4. The number of halogens is 3. The second kappa shape index (κ2) is 9.57. The van der Waals surface area contributed by atoms with Gasteiger partial charge in [0.1, 0.15) is 11.4 Å². The Kier molecular flexibility index (Phi) is 6.37. The number of nitrogens with zero attached hydrogens (tertiary/aromatic N) is 2. The molecular weight excluding hydrogens is 500 g/mol. The van der Waals surface area contributed by atoms with Crippen LogP contribution >= 0.6 is 11.6 Å². The molecule has 196 valence electrons. The number of H-pyrrole nitrogens is 1. The maximum Gasteiger partial charge on any atom is 0.270 e. The van der Waals surface area contributed by atoms with Crippen LogP contribution < -0.4 is 4.74 Å². The Labute approximate surface area is 219 Å². The van der Waals surface area contributed by atoms with Crippen molar-refractivity contribution in [3.05, 3.63) is 64.3 Å². The number of aliphatic hydroxyl groups excluding tert-OH is 1. The fourth-order valence-electron chi connectivity index (χ4n) is 6.24. The molecule has 9 heteroatoms. The van der Waals surface area contributed by atoms with E-state index in [9.17, 15) is 18.7 Å². The van der Waals surface area contributed by atoms with Crippen molar-refractivity contribution in [1.82, 2.24) is 14.8 Å². The first-order valence-electron chi connectivity index (χ1n) is 12.9. The number of likely N-dealkylation sites (tertiary alicyclic amines) is 2. The summed E-state index contributed by atoms with van der Waals surface area (Å²) in [5, 5.41) is 12.2. The van der Waals surface area contributed by atoms with Gasteiger partial charge >= 0.3 is 0 Å². The third-order valence-electron chi connectivity index (χ3n) is 8.54. The molecule has 37 heavy (non-hydrogen) atoms. The molecule has 3 aromatic rings. The molecule has 4 heterocycles. The number of β-amino-alcohol motifs (C(OH)–C–C–N with tert-alkyl or cyclic N) is 1. The normalized spacial score (nSPS) is 20.8. The molecule has 0 aliphatic carbocycles. The van der Waals surface area contributed by atoms with E-state index in [1.54, 1.807) is 11.0 Å². The van der Waals surface area contributed by atoms with Gasteiger partial charge in [0.25, 0.3) is 5.91 Å². The molecule has 0 radical (unpaired) electrons. The Morgan fingerprint density at radius 1 is 1.11 bits per heavy atom. The lowest BCUT2D eigenvalue weighted by molar-refractivity contribution is 0.0181. The first-order chi connectivity index (χ1) is 17.8. The monoisotopic (exact) mass is 529 g/mol. The van der Waals surface area contributed by atoms with Crippen molar-refractivity contribution in [2.45, 2.75) is 37.2 Å². The number of aliphatic hydroxyl groups is 1. The van der Waals surface area contributed by atoms with Gasteiger partial charge in [-0.05, 0) is 69.0 Å². The van der Waals surface area contributed by atoms with E-state index in [1.165, 1.54) is 5.56 Å². The molecule has 2 N–H and O–H groups in total. The number of ether oxygens (including phenoxy) is 1. The zero-order chi connectivity index (χ0) is 25.7. The summed E-state index contributed by atoms with van der Waals surface area (Å²) in [6.45, 7) is 4.20. The molecule has 1 atom stereocenters. The number of amides is 1. The first-order valence-corrected chi connectivity index (χ1v) is 13.3. The van der Waals surface area contributed by atoms with Crippen molar-refractivity contribution in [2.75, 3.05) is 39.3 Å². The average molecular weight is 530 g/mol. The zero-order valence-electron chi connectivity index (χ0n) is 20.5. The smallest absolute Gasteiger partial charge is 0.270 e. The topological polar surface area (TPSA) is 68.8 Å². The predicted molar refractivity (Wildman–Crippen MR) is 137 cm³/mol. The number of hydrogen-bond acceptors (Lipinski definition) is 4. The van der Waals surface area contributed by atoms with E-state index in [0.29, 0.717) is 47.9 Å². The maximum atomic E-state index is 13.5. The third kappa shape index (κ3) is 4.60. The largest absolute Gasteiger partial charge is 0.492 e. The molecule has 3 aliphatic heterocycles. The fraction of sp³-hybridized carbons (Fsp3) is 0.464. The van der Waals surface area contributed by atoms with Gasteiger partial charge in [-0.25, -0.2) is 8.78 Å². The minimum absolute atomic E-state index is 0.0350. The van der Waals surface area contributed by atoms with E-state index in [2.05, 4.69) is 16.0 Å². The number of aromatic nitrogens is 1. The van der Waals surface area contributed by atoms with Crippen molar-refractivity contribution in [3.8, 4) is 5.75 Å². The Hall–Kier alpha value is -2.68. The van der Waals surface area contributed by atoms with Crippen molar-refractivity contribution in [2.24, 2.45) is 5.92 Å². The van der Waals surface area contributed by atoms with Gasteiger partial charge in [-0.1, -0.05) is 17.7 Å². The SMILES string of the molecule is O=C(c1cc2cc(F)c(F)cc2[nH]1)N1CCC(C(O)CN2CCC3(CC2)COc2cc(Cl)ccc23)CC1. The highest BCUT2D eigenvalue weighted by Gasteiger charge is 2.43. The highest BCUT2D eigenvalue weighted by atomic mass is 35.5. The molecule has 0 bridgehead atoms. The Balaban J connectivity index is 1.01. The van der Waals surface area contributed by atoms with Crippen LogP contribution in [0.15, 0.2) is 36.4 Å². The highest BCUT2D eigenvalue weighted by molar-refractivity contribution is 6.30. The number of benzene rings is 2. The summed E-state index contributed by atoms with van der Waals surface area (Å²) in [4.78, 5) is 20.0. The number of hydrogen-bond donors (Lipinski definition) is 2. The molecule has 2 saturated heterocycles. The molecule has 2 fully saturated rings. The van der Waals surface area contributed by atoms with Gasteiger partial charge in [-0.2, -0.15) is 0 Å². The number of piperidine rings is 2. The maximum absolute atomic E-state index is 13.5. The zero-order valence-corrected chi connectivity index (χ0v) is 21.2. The standard InChI is InChI=1S/C28H30ClF2N3O3/c29-19-1-2-20-26(13-19)37-16-28(20)5-9-33(10-6-28)15-25(35)17-3-7-34(8-4-17)27(36)24-12-18-11-21(30)22(31)14-23(18)32-24/h1-2,11-14,17,25,32,35H,3-10,15-16H2. The molecule has 1 unspecified atom stereocenters. The molecule has 1 aromatic heterocycles. The van der Waals surface area contributed by atoms with Gasteiger partial charge in [0.05, 0.1) is 12.7 Å².